The number of carbonyl (C=O) groups excluding carboxylic acids is 3. The molecule has 0 saturated heterocycles. The molecule has 1 atom stereocenters. The standard InChI is InChI=1S/C25H28N6O3S/c1-14-7-8-18(15(2)13-14)31(25(34)22-19(26)20(23(27)32)30-35-22)21(16-9-11-28-12-10-16)24(33)29-17-5-3-4-6-17/h7-13,17,21H,3-6,26H2,1-2H3,(H2,27,32)(H,29,33). The number of nitrogens with one attached hydrogen (secondary N) is 1. The second kappa shape index (κ2) is 10.2. The monoisotopic (exact) mass is 492 g/mol. The van der Waals surface area contributed by atoms with Gasteiger partial charge in [-0.2, -0.15) is 4.37 Å². The average Bonchev–Trinajstić information content (AvgIpc) is 3.47. The maximum Gasteiger partial charge on any atom is 0.273 e. The maximum absolute atomic E-state index is 14.1. The molecule has 3 amide bonds. The number of hydrogen-bond acceptors (Lipinski definition) is 7. The number of carbonyl (C=O) groups is 3. The van der Waals surface area contributed by atoms with Crippen molar-refractivity contribution in [3.63, 3.8) is 0 Å². The molecular formula is C25H28N6O3S. The van der Waals surface area contributed by atoms with Crippen LogP contribution in [0.15, 0.2) is 42.7 Å². The van der Waals surface area contributed by atoms with E-state index in [0.29, 0.717) is 11.3 Å². The summed E-state index contributed by atoms with van der Waals surface area (Å²) in [7, 11) is 0. The molecule has 1 unspecified atom stereocenters. The van der Waals surface area contributed by atoms with Crippen molar-refractivity contribution >= 4 is 40.6 Å². The molecule has 0 bridgehead atoms. The fourth-order valence-corrected chi connectivity index (χ4v) is 5.24. The molecule has 1 aliphatic rings. The summed E-state index contributed by atoms with van der Waals surface area (Å²) in [5, 5.41) is 3.13. The van der Waals surface area contributed by atoms with Crippen LogP contribution in [0.5, 0.6) is 0 Å². The van der Waals surface area contributed by atoms with Gasteiger partial charge in [0.05, 0.1) is 5.69 Å². The first-order valence-electron chi connectivity index (χ1n) is 11.4. The van der Waals surface area contributed by atoms with Crippen molar-refractivity contribution in [3.8, 4) is 0 Å². The second-order valence-corrected chi connectivity index (χ2v) is 9.55. The molecule has 1 saturated carbocycles. The summed E-state index contributed by atoms with van der Waals surface area (Å²) in [6, 6.07) is 8.13. The third-order valence-electron chi connectivity index (χ3n) is 6.22. The molecule has 182 valence electrons. The lowest BCUT2D eigenvalue weighted by Crippen LogP contribution is -2.46. The van der Waals surface area contributed by atoms with Gasteiger partial charge in [-0.25, -0.2) is 0 Å². The number of anilines is 2. The van der Waals surface area contributed by atoms with Crippen LogP contribution in [0.25, 0.3) is 0 Å². The summed E-state index contributed by atoms with van der Waals surface area (Å²) in [5.41, 5.74) is 14.2. The van der Waals surface area contributed by atoms with Gasteiger partial charge in [0.25, 0.3) is 11.8 Å². The Morgan fingerprint density at radius 3 is 2.40 bits per heavy atom. The Morgan fingerprint density at radius 1 is 1.11 bits per heavy atom. The second-order valence-electron chi connectivity index (χ2n) is 8.78. The summed E-state index contributed by atoms with van der Waals surface area (Å²) in [5.74, 6) is -1.65. The minimum absolute atomic E-state index is 0.0477. The van der Waals surface area contributed by atoms with Gasteiger partial charge in [-0.3, -0.25) is 24.3 Å². The molecule has 10 heteroatoms. The van der Waals surface area contributed by atoms with Crippen molar-refractivity contribution in [3.05, 3.63) is 70.0 Å². The van der Waals surface area contributed by atoms with Crippen LogP contribution in [0.4, 0.5) is 11.4 Å². The summed E-state index contributed by atoms with van der Waals surface area (Å²) >= 11 is 0.791. The number of benzene rings is 1. The van der Waals surface area contributed by atoms with Gasteiger partial charge in [0, 0.05) is 24.1 Å². The Hall–Kier alpha value is -3.79. The molecule has 3 aromatic rings. The highest BCUT2D eigenvalue weighted by Gasteiger charge is 2.37. The molecule has 35 heavy (non-hydrogen) atoms. The van der Waals surface area contributed by atoms with Crippen LogP contribution < -0.4 is 21.7 Å². The van der Waals surface area contributed by atoms with Gasteiger partial charge in [-0.15, -0.1) is 0 Å². The zero-order valence-corrected chi connectivity index (χ0v) is 20.5. The van der Waals surface area contributed by atoms with E-state index in [1.165, 1.54) is 4.90 Å². The van der Waals surface area contributed by atoms with Crippen molar-refractivity contribution < 1.29 is 14.4 Å². The molecule has 1 aliphatic carbocycles. The van der Waals surface area contributed by atoms with Crippen LogP contribution in [0, 0.1) is 13.8 Å². The zero-order chi connectivity index (χ0) is 25.1. The van der Waals surface area contributed by atoms with E-state index in [2.05, 4.69) is 14.7 Å². The van der Waals surface area contributed by atoms with E-state index >= 15 is 0 Å². The highest BCUT2D eigenvalue weighted by Crippen LogP contribution is 2.35. The van der Waals surface area contributed by atoms with Gasteiger partial charge in [0.1, 0.15) is 10.9 Å². The van der Waals surface area contributed by atoms with Crippen molar-refractivity contribution in [2.45, 2.75) is 51.6 Å². The number of nitrogen functional groups attached to an aromatic ring is 1. The first kappa shape index (κ1) is 24.3. The van der Waals surface area contributed by atoms with Gasteiger partial charge < -0.3 is 16.8 Å². The Kier molecular flexibility index (Phi) is 7.11. The molecular weight excluding hydrogens is 464 g/mol. The van der Waals surface area contributed by atoms with Crippen molar-refractivity contribution in [2.75, 3.05) is 10.6 Å². The number of aryl methyl sites for hydroxylation is 2. The number of primary amides is 1. The molecule has 4 rings (SSSR count). The van der Waals surface area contributed by atoms with Gasteiger partial charge in [-0.05, 0) is 67.5 Å². The highest BCUT2D eigenvalue weighted by molar-refractivity contribution is 7.09. The van der Waals surface area contributed by atoms with Crippen LogP contribution >= 0.6 is 11.5 Å². The predicted molar refractivity (Wildman–Crippen MR) is 135 cm³/mol. The number of aromatic nitrogens is 2. The summed E-state index contributed by atoms with van der Waals surface area (Å²) in [6.07, 6.45) is 7.08. The topological polar surface area (TPSA) is 144 Å². The minimum atomic E-state index is -0.994. The molecule has 0 spiro atoms. The lowest BCUT2D eigenvalue weighted by molar-refractivity contribution is -0.123. The summed E-state index contributed by atoms with van der Waals surface area (Å²) < 4.78 is 3.99. The van der Waals surface area contributed by atoms with Crippen molar-refractivity contribution in [1.29, 1.82) is 0 Å². The minimum Gasteiger partial charge on any atom is -0.395 e. The van der Waals surface area contributed by atoms with Crippen LogP contribution in [-0.2, 0) is 4.79 Å². The fourth-order valence-electron chi connectivity index (χ4n) is 4.49. The SMILES string of the molecule is Cc1ccc(N(C(=O)c2snc(C(N)=O)c2N)C(C(=O)NC2CCCC2)c2ccncc2)c(C)c1. The lowest BCUT2D eigenvalue weighted by atomic mass is 10.0. The average molecular weight is 493 g/mol. The largest absolute Gasteiger partial charge is 0.395 e. The van der Waals surface area contributed by atoms with E-state index in [4.69, 9.17) is 11.5 Å². The first-order chi connectivity index (χ1) is 16.8. The normalized spacial score (nSPS) is 14.5. The number of rotatable bonds is 7. The molecule has 0 radical (unpaired) electrons. The smallest absolute Gasteiger partial charge is 0.273 e. The van der Waals surface area contributed by atoms with E-state index in [1.807, 2.05) is 32.0 Å². The predicted octanol–water partition coefficient (Wildman–Crippen LogP) is 3.28. The van der Waals surface area contributed by atoms with Gasteiger partial charge in [0.2, 0.25) is 5.91 Å². The summed E-state index contributed by atoms with van der Waals surface area (Å²) in [6.45, 7) is 3.84. The Morgan fingerprint density at radius 2 is 1.80 bits per heavy atom. The Balaban J connectivity index is 1.87. The number of pyridine rings is 1. The van der Waals surface area contributed by atoms with Crippen molar-refractivity contribution in [1.82, 2.24) is 14.7 Å². The zero-order valence-electron chi connectivity index (χ0n) is 19.7. The van der Waals surface area contributed by atoms with E-state index in [-0.39, 0.29) is 28.2 Å². The maximum atomic E-state index is 14.1. The Labute approximate surface area is 207 Å². The van der Waals surface area contributed by atoms with E-state index in [1.54, 1.807) is 24.5 Å². The quantitative estimate of drug-likeness (QED) is 0.462. The van der Waals surface area contributed by atoms with E-state index < -0.39 is 17.9 Å². The number of amides is 3. The molecule has 1 fully saturated rings. The number of nitrogens with two attached hydrogens (primary N) is 2. The van der Waals surface area contributed by atoms with Crippen LogP contribution in [-0.4, -0.2) is 33.1 Å². The first-order valence-corrected chi connectivity index (χ1v) is 12.2. The van der Waals surface area contributed by atoms with Gasteiger partial charge >= 0.3 is 0 Å². The third-order valence-corrected chi connectivity index (χ3v) is 7.07. The van der Waals surface area contributed by atoms with Gasteiger partial charge in [0.15, 0.2) is 5.69 Å². The fraction of sp³-hybridized carbons (Fsp3) is 0.320. The van der Waals surface area contributed by atoms with E-state index in [9.17, 15) is 14.4 Å². The lowest BCUT2D eigenvalue weighted by Gasteiger charge is -2.33. The number of nitrogens with zero attached hydrogens (tertiary/aromatic N) is 3. The van der Waals surface area contributed by atoms with Crippen molar-refractivity contribution in [2.24, 2.45) is 5.73 Å². The van der Waals surface area contributed by atoms with E-state index in [0.717, 1.165) is 48.3 Å². The summed E-state index contributed by atoms with van der Waals surface area (Å²) in [4.78, 5) is 45.1. The highest BCUT2D eigenvalue weighted by atomic mass is 32.1. The molecule has 2 aromatic heterocycles. The van der Waals surface area contributed by atoms with Crippen LogP contribution in [0.3, 0.4) is 0 Å². The Bertz CT molecular complexity index is 1250. The molecule has 1 aromatic carbocycles. The molecule has 0 aliphatic heterocycles. The number of hydrogen-bond donors (Lipinski definition) is 3. The molecule has 9 nitrogen and oxygen atoms in total. The third kappa shape index (κ3) is 5.02. The van der Waals surface area contributed by atoms with Crippen LogP contribution in [0.1, 0.15) is 68.6 Å². The van der Waals surface area contributed by atoms with Crippen LogP contribution in [0.2, 0.25) is 0 Å². The van der Waals surface area contributed by atoms with Gasteiger partial charge in [-0.1, -0.05) is 30.5 Å². The molecule has 2 heterocycles. The molecule has 5 N–H and O–H groups in total.